The maximum Gasteiger partial charge on any atom is 0.178 e. The molecule has 1 aliphatic carbocycles. The molecule has 2 aliphatic rings. The topological polar surface area (TPSA) is 57.1 Å². The van der Waals surface area contributed by atoms with Crippen LogP contribution in [0.5, 0.6) is 23.0 Å². The van der Waals surface area contributed by atoms with Crippen molar-refractivity contribution in [2.75, 3.05) is 0 Å². The maximum atomic E-state index is 7.14. The van der Waals surface area contributed by atoms with Gasteiger partial charge in [0, 0.05) is 27.8 Å². The summed E-state index contributed by atoms with van der Waals surface area (Å²) in [6, 6.07) is 73.7. The highest BCUT2D eigenvalue weighted by molar-refractivity contribution is 5.93. The Balaban J connectivity index is 0.956. The molecule has 1 aliphatic heterocycles. The number of nitrogens with zero attached hydrogens (tertiary/aromatic N) is 3. The van der Waals surface area contributed by atoms with Crippen LogP contribution in [0.4, 0.5) is 0 Å². The van der Waals surface area contributed by atoms with Gasteiger partial charge in [-0.05, 0) is 62.4 Å². The third kappa shape index (κ3) is 5.59. The van der Waals surface area contributed by atoms with Crippen LogP contribution in [0.2, 0.25) is 0 Å². The van der Waals surface area contributed by atoms with Gasteiger partial charge in [0.05, 0.1) is 5.41 Å². The average molecular weight is 782 g/mol. The van der Waals surface area contributed by atoms with E-state index in [1.165, 1.54) is 22.1 Å². The number of aromatic nitrogens is 3. The fourth-order valence-corrected chi connectivity index (χ4v) is 9.29. The number of para-hydroxylation sites is 1. The van der Waals surface area contributed by atoms with E-state index in [-0.39, 0.29) is 0 Å². The third-order valence-corrected chi connectivity index (χ3v) is 12.1. The minimum Gasteiger partial charge on any atom is -0.449 e. The quantitative estimate of drug-likeness (QED) is 0.168. The van der Waals surface area contributed by atoms with Crippen LogP contribution in [-0.2, 0) is 5.41 Å². The van der Waals surface area contributed by atoms with Crippen LogP contribution in [0, 0.1) is 0 Å². The monoisotopic (exact) mass is 781 g/mol. The summed E-state index contributed by atoms with van der Waals surface area (Å²) in [5.74, 6) is 4.60. The van der Waals surface area contributed by atoms with Crippen molar-refractivity contribution in [1.82, 2.24) is 15.0 Å². The third-order valence-electron chi connectivity index (χ3n) is 12.1. The van der Waals surface area contributed by atoms with Crippen LogP contribution in [0.1, 0.15) is 22.3 Å². The highest BCUT2D eigenvalue weighted by Crippen LogP contribution is 2.62. The van der Waals surface area contributed by atoms with E-state index in [0.29, 0.717) is 34.7 Å². The second kappa shape index (κ2) is 14.0. The molecule has 9 aromatic carbocycles. The predicted molar refractivity (Wildman–Crippen MR) is 243 cm³/mol. The van der Waals surface area contributed by atoms with Crippen LogP contribution in [0.3, 0.4) is 0 Å². The molecule has 0 unspecified atom stereocenters. The summed E-state index contributed by atoms with van der Waals surface area (Å²) in [6.45, 7) is 0. The van der Waals surface area contributed by atoms with Gasteiger partial charge in [0.2, 0.25) is 0 Å². The molecule has 5 heteroatoms. The molecule has 1 aromatic heterocycles. The van der Waals surface area contributed by atoms with E-state index < -0.39 is 5.41 Å². The number of ether oxygens (including phenoxy) is 2. The van der Waals surface area contributed by atoms with E-state index in [2.05, 4.69) is 170 Å². The summed E-state index contributed by atoms with van der Waals surface area (Å²) in [6.07, 6.45) is 0. The molecular weight excluding hydrogens is 747 g/mol. The molecule has 0 bridgehead atoms. The van der Waals surface area contributed by atoms with E-state index in [1.54, 1.807) is 0 Å². The Bertz CT molecular complexity index is 3260. The predicted octanol–water partition coefficient (Wildman–Crippen LogP) is 14.0. The molecule has 10 aromatic rings. The number of benzene rings is 9. The van der Waals surface area contributed by atoms with Gasteiger partial charge in [-0.2, -0.15) is 0 Å². The molecule has 2 heterocycles. The first kappa shape index (κ1) is 34.9. The SMILES string of the molecule is c1ccc(-c2nc(-c3ccc(-c4cccc5c4Oc4c(ccc6c4-c4ccccc4C6(c4ccccc4)c4ccccc4)O5)cc3)nc(-c3ccc4ccccc4c3)n2)cc1. The fourth-order valence-electron chi connectivity index (χ4n) is 9.29. The van der Waals surface area contributed by atoms with Gasteiger partial charge in [0.25, 0.3) is 0 Å². The van der Waals surface area contributed by atoms with Crippen molar-refractivity contribution < 1.29 is 9.47 Å². The molecule has 0 saturated heterocycles. The van der Waals surface area contributed by atoms with Crippen molar-refractivity contribution in [3.05, 3.63) is 235 Å². The Morgan fingerprint density at radius 2 is 0.869 bits per heavy atom. The van der Waals surface area contributed by atoms with Gasteiger partial charge < -0.3 is 9.47 Å². The Kier molecular flexibility index (Phi) is 8.00. The van der Waals surface area contributed by atoms with Crippen LogP contribution in [0.25, 0.3) is 67.2 Å². The largest absolute Gasteiger partial charge is 0.449 e. The number of hydrogen-bond acceptors (Lipinski definition) is 5. The molecule has 0 radical (unpaired) electrons. The first-order valence-electron chi connectivity index (χ1n) is 20.5. The molecule has 0 N–H and O–H groups in total. The Labute approximate surface area is 353 Å². The Morgan fingerprint density at radius 3 is 1.59 bits per heavy atom. The molecule has 0 fully saturated rings. The van der Waals surface area contributed by atoms with Gasteiger partial charge in [-0.25, -0.2) is 15.0 Å². The summed E-state index contributed by atoms with van der Waals surface area (Å²) in [4.78, 5) is 15.0. The zero-order valence-corrected chi connectivity index (χ0v) is 32.9. The second-order valence-corrected chi connectivity index (χ2v) is 15.5. The summed E-state index contributed by atoms with van der Waals surface area (Å²) in [5, 5.41) is 2.30. The van der Waals surface area contributed by atoms with Crippen LogP contribution in [0.15, 0.2) is 212 Å². The van der Waals surface area contributed by atoms with E-state index >= 15 is 0 Å². The van der Waals surface area contributed by atoms with Gasteiger partial charge in [-0.15, -0.1) is 0 Å². The lowest BCUT2D eigenvalue weighted by molar-refractivity contribution is 0.361. The summed E-state index contributed by atoms with van der Waals surface area (Å²) >= 11 is 0. The van der Waals surface area contributed by atoms with Gasteiger partial charge in [-0.1, -0.05) is 194 Å². The lowest BCUT2D eigenvalue weighted by Gasteiger charge is -2.34. The first-order chi connectivity index (χ1) is 30.2. The fraction of sp³-hybridized carbons (Fsp3) is 0.0179. The van der Waals surface area contributed by atoms with Crippen molar-refractivity contribution in [2.24, 2.45) is 0 Å². The highest BCUT2D eigenvalue weighted by atomic mass is 16.6. The van der Waals surface area contributed by atoms with Crippen LogP contribution in [-0.4, -0.2) is 15.0 Å². The molecular formula is C56H35N3O2. The van der Waals surface area contributed by atoms with Gasteiger partial charge in [-0.3, -0.25) is 0 Å². The van der Waals surface area contributed by atoms with Crippen molar-refractivity contribution in [2.45, 2.75) is 5.41 Å². The lowest BCUT2D eigenvalue weighted by Crippen LogP contribution is -2.28. The second-order valence-electron chi connectivity index (χ2n) is 15.5. The molecule has 0 atom stereocenters. The lowest BCUT2D eigenvalue weighted by atomic mass is 9.68. The van der Waals surface area contributed by atoms with Gasteiger partial charge in [0.15, 0.2) is 40.5 Å². The normalized spacial score (nSPS) is 13.0. The van der Waals surface area contributed by atoms with Crippen molar-refractivity contribution in [3.63, 3.8) is 0 Å². The summed E-state index contributed by atoms with van der Waals surface area (Å²) in [5.41, 5.74) is 11.0. The Hall–Kier alpha value is -8.15. The number of fused-ring (bicyclic) bond motifs is 7. The van der Waals surface area contributed by atoms with E-state index in [0.717, 1.165) is 55.6 Å². The van der Waals surface area contributed by atoms with E-state index in [9.17, 15) is 0 Å². The van der Waals surface area contributed by atoms with Crippen molar-refractivity contribution >= 4 is 10.8 Å². The zero-order chi connectivity index (χ0) is 40.3. The first-order valence-corrected chi connectivity index (χ1v) is 20.5. The minimum absolute atomic E-state index is 0.550. The minimum atomic E-state index is -0.550. The van der Waals surface area contributed by atoms with E-state index in [1.807, 2.05) is 42.5 Å². The zero-order valence-electron chi connectivity index (χ0n) is 32.9. The van der Waals surface area contributed by atoms with E-state index in [4.69, 9.17) is 24.4 Å². The highest BCUT2D eigenvalue weighted by Gasteiger charge is 2.48. The van der Waals surface area contributed by atoms with Crippen LogP contribution < -0.4 is 9.47 Å². The molecule has 286 valence electrons. The molecule has 0 saturated carbocycles. The molecule has 61 heavy (non-hydrogen) atoms. The standard InChI is InChI=1S/C56H35N3O2/c1-4-16-38(17-5-1)53-57-54(59-55(58-53)41-32-27-36-15-10-11-18-40(36)35-41)39-30-28-37(29-31-39)44-24-14-26-48-51(44)61-52-49(60-48)34-33-47-50(52)45-23-12-13-25-46(45)56(47,42-19-6-2-7-20-42)43-21-8-3-9-22-43/h1-35H. The molecule has 0 spiro atoms. The molecule has 0 amide bonds. The molecule has 5 nitrogen and oxygen atoms in total. The smallest absolute Gasteiger partial charge is 0.178 e. The summed E-state index contributed by atoms with van der Waals surface area (Å²) in [7, 11) is 0. The van der Waals surface area contributed by atoms with Gasteiger partial charge in [0.1, 0.15) is 0 Å². The average Bonchev–Trinajstić information content (AvgIpc) is 3.65. The number of rotatable bonds is 6. The maximum absolute atomic E-state index is 7.14. The Morgan fingerprint density at radius 1 is 0.328 bits per heavy atom. The number of hydrogen-bond donors (Lipinski definition) is 0. The van der Waals surface area contributed by atoms with Crippen molar-refractivity contribution in [3.8, 4) is 79.4 Å². The van der Waals surface area contributed by atoms with Gasteiger partial charge >= 0.3 is 0 Å². The van der Waals surface area contributed by atoms with Crippen LogP contribution >= 0.6 is 0 Å². The van der Waals surface area contributed by atoms with Crippen molar-refractivity contribution in [1.29, 1.82) is 0 Å². The molecule has 12 rings (SSSR count). The summed E-state index contributed by atoms with van der Waals surface area (Å²) < 4.78 is 13.9.